The second-order valence-electron chi connectivity index (χ2n) is 7.09. The zero-order valence-electron chi connectivity index (χ0n) is 15.5. The van der Waals surface area contributed by atoms with Gasteiger partial charge in [0.05, 0.1) is 17.5 Å². The van der Waals surface area contributed by atoms with Gasteiger partial charge >= 0.3 is 6.03 Å². The summed E-state index contributed by atoms with van der Waals surface area (Å²) < 4.78 is 19.1. The van der Waals surface area contributed by atoms with E-state index in [-0.39, 0.29) is 17.8 Å². The fourth-order valence-corrected chi connectivity index (χ4v) is 3.27. The number of hydrogen-bond acceptors (Lipinski definition) is 3. The highest BCUT2D eigenvalue weighted by Crippen LogP contribution is 2.24. The van der Waals surface area contributed by atoms with Crippen molar-refractivity contribution in [2.45, 2.75) is 45.6 Å². The number of urea groups is 1. The summed E-state index contributed by atoms with van der Waals surface area (Å²) in [6, 6.07) is 5.40. The Kier molecular flexibility index (Phi) is 5.78. The topological polar surface area (TPSA) is 83.4 Å². The van der Waals surface area contributed by atoms with E-state index in [4.69, 9.17) is 4.42 Å². The van der Waals surface area contributed by atoms with Crippen LogP contribution < -0.4 is 16.0 Å². The quantitative estimate of drug-likeness (QED) is 0.728. The lowest BCUT2D eigenvalue weighted by Gasteiger charge is -2.26. The first-order valence-electron chi connectivity index (χ1n) is 9.15. The minimum atomic E-state index is -0.586. The molecule has 0 unspecified atom stereocenters. The summed E-state index contributed by atoms with van der Waals surface area (Å²) in [6.45, 7) is 3.87. The maximum Gasteiger partial charge on any atom is 0.319 e. The Morgan fingerprint density at radius 2 is 1.85 bits per heavy atom. The molecule has 1 aromatic carbocycles. The van der Waals surface area contributed by atoms with E-state index in [0.717, 1.165) is 25.7 Å². The van der Waals surface area contributed by atoms with E-state index >= 15 is 0 Å². The summed E-state index contributed by atoms with van der Waals surface area (Å²) in [5.74, 6) is 0.0893. The third-order valence-electron chi connectivity index (χ3n) is 4.93. The van der Waals surface area contributed by atoms with Gasteiger partial charge in [-0.25, -0.2) is 9.18 Å². The molecular weight excluding hydrogens is 349 g/mol. The van der Waals surface area contributed by atoms with Gasteiger partial charge in [-0.1, -0.05) is 6.92 Å². The molecule has 1 aliphatic carbocycles. The van der Waals surface area contributed by atoms with Crippen molar-refractivity contribution in [3.8, 4) is 0 Å². The van der Waals surface area contributed by atoms with Crippen LogP contribution in [0.2, 0.25) is 0 Å². The molecule has 6 nitrogen and oxygen atoms in total. The predicted molar refractivity (Wildman–Crippen MR) is 101 cm³/mol. The summed E-state index contributed by atoms with van der Waals surface area (Å²) >= 11 is 0. The Morgan fingerprint density at radius 1 is 1.11 bits per heavy atom. The second kappa shape index (κ2) is 8.24. The molecule has 3 N–H and O–H groups in total. The van der Waals surface area contributed by atoms with Crippen molar-refractivity contribution in [1.82, 2.24) is 5.32 Å². The minimum absolute atomic E-state index is 0.00936. The van der Waals surface area contributed by atoms with Gasteiger partial charge in [-0.05, 0) is 62.8 Å². The summed E-state index contributed by atoms with van der Waals surface area (Å²) in [6.07, 6.45) is 5.53. The Labute approximate surface area is 157 Å². The molecule has 3 rings (SSSR count). The van der Waals surface area contributed by atoms with Crippen LogP contribution in [-0.2, 0) is 0 Å². The number of furan rings is 1. The van der Waals surface area contributed by atoms with Crippen LogP contribution in [0.1, 0.15) is 48.7 Å². The maximum absolute atomic E-state index is 14.1. The number of nitrogens with one attached hydrogen (secondary N) is 3. The van der Waals surface area contributed by atoms with E-state index < -0.39 is 11.7 Å². The van der Waals surface area contributed by atoms with Gasteiger partial charge in [-0.3, -0.25) is 4.79 Å². The number of carbonyl (C=O) groups is 2. The second-order valence-corrected chi connectivity index (χ2v) is 7.09. The van der Waals surface area contributed by atoms with Gasteiger partial charge in [0.25, 0.3) is 5.91 Å². The molecule has 0 aliphatic heterocycles. The highest BCUT2D eigenvalue weighted by Gasteiger charge is 2.20. The van der Waals surface area contributed by atoms with Gasteiger partial charge in [0.1, 0.15) is 11.6 Å². The number of halogens is 1. The van der Waals surface area contributed by atoms with Gasteiger partial charge in [0.15, 0.2) is 0 Å². The third kappa shape index (κ3) is 4.87. The molecule has 0 spiro atoms. The van der Waals surface area contributed by atoms with E-state index in [1.165, 1.54) is 30.5 Å². The maximum atomic E-state index is 14.1. The number of hydrogen-bond donors (Lipinski definition) is 3. The molecule has 144 valence electrons. The fraction of sp³-hybridized carbons (Fsp3) is 0.400. The van der Waals surface area contributed by atoms with Crippen LogP contribution in [0.3, 0.4) is 0 Å². The van der Waals surface area contributed by atoms with Crippen LogP contribution in [0.15, 0.2) is 34.9 Å². The van der Waals surface area contributed by atoms with Crippen LogP contribution in [0.5, 0.6) is 0 Å². The van der Waals surface area contributed by atoms with Gasteiger partial charge < -0.3 is 20.4 Å². The summed E-state index contributed by atoms with van der Waals surface area (Å²) in [5, 5.41) is 8.16. The molecule has 0 saturated heterocycles. The van der Waals surface area contributed by atoms with Crippen LogP contribution in [-0.4, -0.2) is 18.0 Å². The lowest BCUT2D eigenvalue weighted by molar-refractivity contribution is 0.102. The first kappa shape index (κ1) is 18.9. The lowest BCUT2D eigenvalue weighted by Crippen LogP contribution is -2.39. The van der Waals surface area contributed by atoms with Crippen LogP contribution >= 0.6 is 0 Å². The smallest absolute Gasteiger partial charge is 0.319 e. The SMILES string of the molecule is Cc1occc1C(=O)Nc1cc(NC(=O)NC2CCC(C)CC2)ccc1F. The fourth-order valence-electron chi connectivity index (χ4n) is 3.27. The monoisotopic (exact) mass is 373 g/mol. The summed E-state index contributed by atoms with van der Waals surface area (Å²) in [4.78, 5) is 24.4. The number of amides is 3. The van der Waals surface area contributed by atoms with Crippen LogP contribution in [0.4, 0.5) is 20.6 Å². The average molecular weight is 373 g/mol. The minimum Gasteiger partial charge on any atom is -0.469 e. The lowest BCUT2D eigenvalue weighted by atomic mass is 9.87. The van der Waals surface area contributed by atoms with Crippen molar-refractivity contribution in [3.63, 3.8) is 0 Å². The Balaban J connectivity index is 1.62. The zero-order valence-corrected chi connectivity index (χ0v) is 15.5. The summed E-state index contributed by atoms with van der Waals surface area (Å²) in [5.41, 5.74) is 0.721. The van der Waals surface area contributed by atoms with Crippen molar-refractivity contribution in [1.29, 1.82) is 0 Å². The first-order chi connectivity index (χ1) is 12.9. The average Bonchev–Trinajstić information content (AvgIpc) is 3.06. The molecule has 0 radical (unpaired) electrons. The number of rotatable bonds is 4. The van der Waals surface area contributed by atoms with E-state index in [1.807, 2.05) is 0 Å². The van der Waals surface area contributed by atoms with E-state index in [2.05, 4.69) is 22.9 Å². The number of anilines is 2. The van der Waals surface area contributed by atoms with Crippen molar-refractivity contribution in [3.05, 3.63) is 47.7 Å². The predicted octanol–water partition coefficient (Wildman–Crippen LogP) is 4.68. The Hall–Kier alpha value is -2.83. The molecular formula is C20H24FN3O3. The molecule has 1 aliphatic rings. The van der Waals surface area contributed by atoms with Crippen molar-refractivity contribution >= 4 is 23.3 Å². The molecule has 7 heteroatoms. The number of aryl methyl sites for hydroxylation is 1. The van der Waals surface area contributed by atoms with E-state index in [1.54, 1.807) is 6.92 Å². The molecule has 1 saturated carbocycles. The first-order valence-corrected chi connectivity index (χ1v) is 9.15. The summed E-state index contributed by atoms with van der Waals surface area (Å²) in [7, 11) is 0. The number of carbonyl (C=O) groups excluding carboxylic acids is 2. The molecule has 1 aromatic heterocycles. The molecule has 1 heterocycles. The highest BCUT2D eigenvalue weighted by molar-refractivity contribution is 6.05. The Morgan fingerprint density at radius 3 is 2.52 bits per heavy atom. The van der Waals surface area contributed by atoms with Crippen molar-refractivity contribution in [2.75, 3.05) is 10.6 Å². The van der Waals surface area contributed by atoms with Crippen LogP contribution in [0, 0.1) is 18.7 Å². The van der Waals surface area contributed by atoms with Gasteiger partial charge in [0, 0.05) is 11.7 Å². The number of benzene rings is 1. The van der Waals surface area contributed by atoms with Crippen LogP contribution in [0.25, 0.3) is 0 Å². The largest absolute Gasteiger partial charge is 0.469 e. The molecule has 2 aromatic rings. The molecule has 0 atom stereocenters. The zero-order chi connectivity index (χ0) is 19.4. The highest BCUT2D eigenvalue weighted by atomic mass is 19.1. The standard InChI is InChI=1S/C20H24FN3O3/c1-12-3-5-14(6-4-12)22-20(26)23-15-7-8-17(21)18(11-15)24-19(25)16-9-10-27-13(16)2/h7-12,14H,3-6H2,1-2H3,(H,24,25)(H2,22,23,26). The molecule has 3 amide bonds. The van der Waals surface area contributed by atoms with Gasteiger partial charge in [0.2, 0.25) is 0 Å². The molecule has 27 heavy (non-hydrogen) atoms. The van der Waals surface area contributed by atoms with Crippen molar-refractivity contribution in [2.24, 2.45) is 5.92 Å². The van der Waals surface area contributed by atoms with Gasteiger partial charge in [-0.2, -0.15) is 0 Å². The third-order valence-corrected chi connectivity index (χ3v) is 4.93. The van der Waals surface area contributed by atoms with Gasteiger partial charge in [-0.15, -0.1) is 0 Å². The van der Waals surface area contributed by atoms with Crippen molar-refractivity contribution < 1.29 is 18.4 Å². The van der Waals surface area contributed by atoms with E-state index in [9.17, 15) is 14.0 Å². The molecule has 0 bridgehead atoms. The van der Waals surface area contributed by atoms with E-state index in [0.29, 0.717) is 22.9 Å². The normalized spacial score (nSPS) is 19.4. The molecule has 1 fully saturated rings. The Bertz CT molecular complexity index is 826.